The van der Waals surface area contributed by atoms with Crippen LogP contribution >= 0.6 is 0 Å². The second-order valence-electron chi connectivity index (χ2n) is 7.77. The maximum Gasteiger partial charge on any atom is 0.270 e. The van der Waals surface area contributed by atoms with Crippen molar-refractivity contribution in [1.29, 1.82) is 0 Å². The van der Waals surface area contributed by atoms with Crippen LogP contribution in [0.25, 0.3) is 0 Å². The second kappa shape index (κ2) is 8.26. The van der Waals surface area contributed by atoms with Gasteiger partial charge in [-0.2, -0.15) is 5.10 Å². The predicted molar refractivity (Wildman–Crippen MR) is 115 cm³/mol. The molecule has 0 radical (unpaired) electrons. The summed E-state index contributed by atoms with van der Waals surface area (Å²) in [5, 5.41) is 5.81. The molecule has 30 heavy (non-hydrogen) atoms. The third-order valence-electron chi connectivity index (χ3n) is 5.63. The highest BCUT2D eigenvalue weighted by molar-refractivity contribution is 6.40. The van der Waals surface area contributed by atoms with Gasteiger partial charge in [-0.25, -0.2) is 9.40 Å². The van der Waals surface area contributed by atoms with Crippen LogP contribution in [0, 0.1) is 19.7 Å². The average molecular weight is 408 g/mol. The number of hydrogen-bond acceptors (Lipinski definition) is 4. The summed E-state index contributed by atoms with van der Waals surface area (Å²) in [7, 11) is 0. The normalized spacial score (nSPS) is 17.2. The van der Waals surface area contributed by atoms with Crippen LogP contribution in [-0.2, 0) is 9.59 Å². The third kappa shape index (κ3) is 3.92. The fourth-order valence-corrected chi connectivity index (χ4v) is 3.88. The molecule has 2 aromatic rings. The van der Waals surface area contributed by atoms with Crippen LogP contribution in [-0.4, -0.2) is 48.6 Å². The van der Waals surface area contributed by atoms with Gasteiger partial charge >= 0.3 is 0 Å². The molecule has 2 aromatic carbocycles. The Morgan fingerprint density at radius 2 is 1.70 bits per heavy atom. The first kappa shape index (κ1) is 20.1. The predicted octanol–water partition coefficient (Wildman–Crippen LogP) is 3.27. The number of rotatable bonds is 3. The molecule has 0 aromatic heterocycles. The van der Waals surface area contributed by atoms with Crippen molar-refractivity contribution >= 4 is 28.9 Å². The van der Waals surface area contributed by atoms with Gasteiger partial charge in [0, 0.05) is 39.0 Å². The zero-order valence-corrected chi connectivity index (χ0v) is 17.3. The van der Waals surface area contributed by atoms with Crippen LogP contribution in [0.4, 0.5) is 15.8 Å². The summed E-state index contributed by atoms with van der Waals surface area (Å²) >= 11 is 0. The number of carbonyl (C=O) groups excluding carboxylic acids is 2. The molecule has 156 valence electrons. The molecule has 0 unspecified atom stereocenters. The number of halogens is 1. The summed E-state index contributed by atoms with van der Waals surface area (Å²) in [5.74, 6) is -0.507. The van der Waals surface area contributed by atoms with Crippen LogP contribution in [0.15, 0.2) is 47.6 Å². The minimum Gasteiger partial charge on any atom is -0.366 e. The number of para-hydroxylation sites is 1. The molecule has 0 aliphatic carbocycles. The van der Waals surface area contributed by atoms with Gasteiger partial charge in [-0.15, -0.1) is 0 Å². The molecule has 0 spiro atoms. The Labute approximate surface area is 175 Å². The van der Waals surface area contributed by atoms with Crippen molar-refractivity contribution in [1.82, 2.24) is 4.90 Å². The molecule has 0 saturated carbocycles. The molecule has 0 atom stereocenters. The Morgan fingerprint density at radius 1 is 0.967 bits per heavy atom. The van der Waals surface area contributed by atoms with Gasteiger partial charge < -0.3 is 9.80 Å². The Balaban J connectivity index is 1.49. The SMILES string of the molecule is Cc1ccc(C)c(N2N=C(C(=O)N3CCN(c4ccccc4F)CC3)CCC2=O)c1. The highest BCUT2D eigenvalue weighted by atomic mass is 19.1. The average Bonchev–Trinajstić information content (AvgIpc) is 2.76. The van der Waals surface area contributed by atoms with E-state index in [1.807, 2.05) is 43.0 Å². The summed E-state index contributed by atoms with van der Waals surface area (Å²) in [6.45, 7) is 5.98. The van der Waals surface area contributed by atoms with Crippen molar-refractivity contribution in [2.24, 2.45) is 5.10 Å². The monoisotopic (exact) mass is 408 g/mol. The zero-order valence-electron chi connectivity index (χ0n) is 17.3. The van der Waals surface area contributed by atoms with Crippen molar-refractivity contribution in [3.63, 3.8) is 0 Å². The van der Waals surface area contributed by atoms with Gasteiger partial charge in [0.25, 0.3) is 5.91 Å². The van der Waals surface area contributed by atoms with Gasteiger partial charge in [0.2, 0.25) is 5.91 Å². The van der Waals surface area contributed by atoms with Crippen molar-refractivity contribution in [2.45, 2.75) is 26.7 Å². The van der Waals surface area contributed by atoms with Gasteiger partial charge in [0.05, 0.1) is 11.4 Å². The van der Waals surface area contributed by atoms with Gasteiger partial charge in [-0.1, -0.05) is 24.3 Å². The molecule has 0 bridgehead atoms. The molecule has 1 saturated heterocycles. The van der Waals surface area contributed by atoms with E-state index >= 15 is 0 Å². The van der Waals surface area contributed by atoms with Crippen molar-refractivity contribution < 1.29 is 14.0 Å². The van der Waals surface area contributed by atoms with Gasteiger partial charge in [-0.05, 0) is 43.2 Å². The molecule has 2 aliphatic heterocycles. The van der Waals surface area contributed by atoms with Gasteiger partial charge in [0.15, 0.2) is 0 Å². The first-order valence-corrected chi connectivity index (χ1v) is 10.2. The number of piperazine rings is 1. The first-order valence-electron chi connectivity index (χ1n) is 10.2. The van der Waals surface area contributed by atoms with Crippen LogP contribution in [0.1, 0.15) is 24.0 Å². The molecular weight excluding hydrogens is 383 g/mol. The summed E-state index contributed by atoms with van der Waals surface area (Å²) in [6, 6.07) is 12.5. The molecule has 2 aliphatic rings. The van der Waals surface area contributed by atoms with Crippen LogP contribution in [0.3, 0.4) is 0 Å². The van der Waals surface area contributed by atoms with E-state index in [1.54, 1.807) is 17.0 Å². The highest BCUT2D eigenvalue weighted by Gasteiger charge is 2.31. The number of anilines is 2. The van der Waals surface area contributed by atoms with Crippen molar-refractivity contribution in [2.75, 3.05) is 36.1 Å². The largest absolute Gasteiger partial charge is 0.366 e. The molecule has 2 amide bonds. The number of hydrogen-bond donors (Lipinski definition) is 0. The maximum absolute atomic E-state index is 14.0. The van der Waals surface area contributed by atoms with Crippen LogP contribution in [0.5, 0.6) is 0 Å². The Bertz CT molecular complexity index is 1010. The van der Waals surface area contributed by atoms with E-state index in [9.17, 15) is 14.0 Å². The molecule has 4 rings (SSSR count). The van der Waals surface area contributed by atoms with E-state index in [0.717, 1.165) is 16.8 Å². The Kier molecular flexibility index (Phi) is 5.53. The highest BCUT2D eigenvalue weighted by Crippen LogP contribution is 2.26. The quantitative estimate of drug-likeness (QED) is 0.783. The Morgan fingerprint density at radius 3 is 2.43 bits per heavy atom. The van der Waals surface area contributed by atoms with E-state index in [0.29, 0.717) is 44.0 Å². The smallest absolute Gasteiger partial charge is 0.270 e. The number of nitrogens with zero attached hydrogens (tertiary/aromatic N) is 4. The molecular formula is C23H25FN4O2. The second-order valence-corrected chi connectivity index (χ2v) is 7.77. The molecule has 6 nitrogen and oxygen atoms in total. The zero-order chi connectivity index (χ0) is 21.3. The lowest BCUT2D eigenvalue weighted by Crippen LogP contribution is -2.51. The minimum absolute atomic E-state index is 0.107. The molecule has 0 N–H and O–H groups in total. The summed E-state index contributed by atoms with van der Waals surface area (Å²) in [5.41, 5.74) is 3.64. The van der Waals surface area contributed by atoms with E-state index < -0.39 is 0 Å². The third-order valence-corrected chi connectivity index (χ3v) is 5.63. The number of aryl methyl sites for hydroxylation is 2. The summed E-state index contributed by atoms with van der Waals surface area (Å²) in [6.07, 6.45) is 0.597. The lowest BCUT2D eigenvalue weighted by molar-refractivity contribution is -0.124. The fourth-order valence-electron chi connectivity index (χ4n) is 3.88. The Hall–Kier alpha value is -3.22. The maximum atomic E-state index is 14.0. The lowest BCUT2D eigenvalue weighted by Gasteiger charge is -2.37. The molecule has 2 heterocycles. The minimum atomic E-state index is -0.253. The van der Waals surface area contributed by atoms with Crippen LogP contribution < -0.4 is 9.91 Å². The lowest BCUT2D eigenvalue weighted by atomic mass is 10.1. The summed E-state index contributed by atoms with van der Waals surface area (Å²) < 4.78 is 14.0. The standard InChI is InChI=1S/C23H25FN4O2/c1-16-7-8-17(2)21(15-16)28-22(29)10-9-19(25-28)23(30)27-13-11-26(12-14-27)20-6-4-3-5-18(20)24/h3-8,15H,9-14H2,1-2H3. The van der Waals surface area contributed by atoms with Gasteiger partial charge in [-0.3, -0.25) is 9.59 Å². The molecule has 1 fully saturated rings. The molecule has 7 heteroatoms. The fraction of sp³-hybridized carbons (Fsp3) is 0.348. The first-order chi connectivity index (χ1) is 14.4. The topological polar surface area (TPSA) is 56.2 Å². The number of carbonyl (C=O) groups is 2. The van der Waals surface area contributed by atoms with E-state index in [-0.39, 0.29) is 24.1 Å². The summed E-state index contributed by atoms with van der Waals surface area (Å²) in [4.78, 5) is 29.2. The number of amides is 2. The van der Waals surface area contributed by atoms with Crippen LogP contribution in [0.2, 0.25) is 0 Å². The van der Waals surface area contributed by atoms with E-state index in [1.165, 1.54) is 11.1 Å². The van der Waals surface area contributed by atoms with Crippen molar-refractivity contribution in [3.8, 4) is 0 Å². The van der Waals surface area contributed by atoms with Crippen molar-refractivity contribution in [3.05, 3.63) is 59.4 Å². The van der Waals surface area contributed by atoms with E-state index in [4.69, 9.17) is 0 Å². The number of hydrazone groups is 1. The van der Waals surface area contributed by atoms with Gasteiger partial charge in [0.1, 0.15) is 11.5 Å². The van der Waals surface area contributed by atoms with E-state index in [2.05, 4.69) is 5.10 Å². The number of benzene rings is 2.